The maximum Gasteiger partial charge on any atom is 0.247 e. The molecule has 2 aliphatic rings. The van der Waals surface area contributed by atoms with E-state index in [0.29, 0.717) is 6.54 Å². The molecule has 2 aromatic carbocycles. The van der Waals surface area contributed by atoms with Gasteiger partial charge in [0.05, 0.1) is 6.54 Å². The van der Waals surface area contributed by atoms with Gasteiger partial charge in [0.25, 0.3) is 0 Å². The second-order valence-corrected chi connectivity index (χ2v) is 7.50. The summed E-state index contributed by atoms with van der Waals surface area (Å²) in [5.41, 5.74) is 4.43. The van der Waals surface area contributed by atoms with E-state index in [4.69, 9.17) is 4.74 Å². The Kier molecular flexibility index (Phi) is 4.32. The van der Waals surface area contributed by atoms with Crippen molar-refractivity contribution < 1.29 is 9.53 Å². The molecule has 0 saturated heterocycles. The lowest BCUT2D eigenvalue weighted by molar-refractivity contribution is -0.117. The van der Waals surface area contributed by atoms with Crippen LogP contribution in [0.2, 0.25) is 0 Å². The van der Waals surface area contributed by atoms with E-state index in [9.17, 15) is 4.79 Å². The molecule has 0 saturated carbocycles. The smallest absolute Gasteiger partial charge is 0.247 e. The average Bonchev–Trinajstić information content (AvgIpc) is 3.42. The minimum absolute atomic E-state index is 0.00967. The van der Waals surface area contributed by atoms with Crippen molar-refractivity contribution in [1.82, 2.24) is 10.3 Å². The van der Waals surface area contributed by atoms with E-state index in [0.717, 1.165) is 48.1 Å². The number of nitrogens with one attached hydrogen (secondary N) is 1. The van der Waals surface area contributed by atoms with E-state index in [1.807, 2.05) is 24.4 Å². The van der Waals surface area contributed by atoms with Crippen LogP contribution in [0.25, 0.3) is 21.9 Å². The zero-order chi connectivity index (χ0) is 18.9. The lowest BCUT2D eigenvalue weighted by Crippen LogP contribution is -2.35. The Morgan fingerprint density at radius 3 is 2.96 bits per heavy atom. The van der Waals surface area contributed by atoms with Crippen molar-refractivity contribution >= 4 is 16.7 Å². The molecule has 2 heterocycles. The number of hydrogen-bond acceptors (Lipinski definition) is 3. The maximum absolute atomic E-state index is 12.2. The fourth-order valence-corrected chi connectivity index (χ4v) is 4.17. The number of hydrogen-bond donors (Lipinski definition) is 1. The molecule has 1 N–H and O–H groups in total. The number of ether oxygens (including phenoxy) is 1. The highest BCUT2D eigenvalue weighted by Gasteiger charge is 2.25. The van der Waals surface area contributed by atoms with Crippen LogP contribution >= 0.6 is 0 Å². The van der Waals surface area contributed by atoms with Gasteiger partial charge in [-0.25, -0.2) is 0 Å². The molecule has 4 nitrogen and oxygen atoms in total. The quantitative estimate of drug-likeness (QED) is 0.739. The van der Waals surface area contributed by atoms with Crippen LogP contribution in [-0.4, -0.2) is 23.5 Å². The maximum atomic E-state index is 12.2. The van der Waals surface area contributed by atoms with Gasteiger partial charge in [-0.05, 0) is 53.8 Å². The molecule has 4 heteroatoms. The first kappa shape index (κ1) is 17.0. The summed E-state index contributed by atoms with van der Waals surface area (Å²) in [5, 5.41) is 5.46. The van der Waals surface area contributed by atoms with Crippen LogP contribution in [0, 0.1) is 0 Å². The highest BCUT2D eigenvalue weighted by Crippen LogP contribution is 2.36. The van der Waals surface area contributed by atoms with E-state index >= 15 is 0 Å². The summed E-state index contributed by atoms with van der Waals surface area (Å²) in [4.78, 5) is 16.4. The number of fused-ring (bicyclic) bond motifs is 3. The van der Waals surface area contributed by atoms with Gasteiger partial charge in [-0.2, -0.15) is 0 Å². The molecule has 140 valence electrons. The first-order valence-electron chi connectivity index (χ1n) is 9.88. The fraction of sp³-hybridized carbons (Fsp3) is 0.250. The number of carbonyl (C=O) groups excluding carboxylic acids is 1. The van der Waals surface area contributed by atoms with Gasteiger partial charge in [-0.15, -0.1) is 0 Å². The van der Waals surface area contributed by atoms with Crippen molar-refractivity contribution in [3.05, 3.63) is 72.1 Å². The van der Waals surface area contributed by atoms with E-state index in [-0.39, 0.29) is 12.0 Å². The third-order valence-electron chi connectivity index (χ3n) is 5.63. The van der Waals surface area contributed by atoms with E-state index < -0.39 is 0 Å². The highest BCUT2D eigenvalue weighted by atomic mass is 16.5. The van der Waals surface area contributed by atoms with Crippen molar-refractivity contribution in [3.63, 3.8) is 0 Å². The van der Waals surface area contributed by atoms with Crippen molar-refractivity contribution in [3.8, 4) is 16.9 Å². The number of nitrogens with zero attached hydrogens (tertiary/aromatic N) is 1. The molecule has 0 fully saturated rings. The number of allylic oxidation sites excluding steroid dienone is 1. The largest absolute Gasteiger partial charge is 0.488 e. The molecule has 0 radical (unpaired) electrons. The van der Waals surface area contributed by atoms with E-state index in [2.05, 4.69) is 40.6 Å². The van der Waals surface area contributed by atoms with Crippen LogP contribution in [0.4, 0.5) is 0 Å². The zero-order valence-corrected chi connectivity index (χ0v) is 15.7. The number of aromatic nitrogens is 1. The van der Waals surface area contributed by atoms with Crippen LogP contribution in [0.15, 0.2) is 66.5 Å². The summed E-state index contributed by atoms with van der Waals surface area (Å²) >= 11 is 0. The minimum Gasteiger partial charge on any atom is -0.488 e. The Labute approximate surface area is 164 Å². The second kappa shape index (κ2) is 7.12. The predicted molar refractivity (Wildman–Crippen MR) is 110 cm³/mol. The monoisotopic (exact) mass is 370 g/mol. The molecule has 1 aliphatic heterocycles. The molecule has 1 aromatic heterocycles. The molecule has 1 aliphatic carbocycles. The van der Waals surface area contributed by atoms with Crippen LogP contribution in [0.5, 0.6) is 5.75 Å². The molecule has 3 aromatic rings. The van der Waals surface area contributed by atoms with Crippen molar-refractivity contribution in [1.29, 1.82) is 0 Å². The third-order valence-corrected chi connectivity index (χ3v) is 5.63. The van der Waals surface area contributed by atoms with E-state index in [1.54, 1.807) is 6.20 Å². The summed E-state index contributed by atoms with van der Waals surface area (Å²) in [6, 6.07) is 14.7. The Morgan fingerprint density at radius 1 is 1.18 bits per heavy atom. The first-order valence-corrected chi connectivity index (χ1v) is 9.88. The van der Waals surface area contributed by atoms with Gasteiger partial charge in [-0.3, -0.25) is 9.78 Å². The van der Waals surface area contributed by atoms with E-state index in [1.165, 1.54) is 16.3 Å². The van der Waals surface area contributed by atoms with Gasteiger partial charge in [0.2, 0.25) is 5.91 Å². The van der Waals surface area contributed by atoms with Crippen molar-refractivity contribution in [2.45, 2.75) is 31.8 Å². The molecule has 1 atom stereocenters. The number of carbonyl (C=O) groups is 1. The predicted octanol–water partition coefficient (Wildman–Crippen LogP) is 4.43. The van der Waals surface area contributed by atoms with Crippen LogP contribution in [-0.2, 0) is 11.2 Å². The Morgan fingerprint density at radius 2 is 2.14 bits per heavy atom. The summed E-state index contributed by atoms with van der Waals surface area (Å²) in [6.07, 6.45) is 9.52. The zero-order valence-electron chi connectivity index (χ0n) is 15.7. The molecule has 1 amide bonds. The summed E-state index contributed by atoms with van der Waals surface area (Å²) in [7, 11) is 0. The summed E-state index contributed by atoms with van der Waals surface area (Å²) in [6.45, 7) is 0.542. The first-order chi connectivity index (χ1) is 13.8. The Bertz CT molecular complexity index is 1070. The second-order valence-electron chi connectivity index (χ2n) is 7.50. The molecule has 0 unspecified atom stereocenters. The van der Waals surface area contributed by atoms with Crippen molar-refractivity contribution in [2.75, 3.05) is 6.54 Å². The minimum atomic E-state index is -0.00967. The lowest BCUT2D eigenvalue weighted by atomic mass is 9.97. The molecule has 0 bridgehead atoms. The highest BCUT2D eigenvalue weighted by molar-refractivity contribution is 5.94. The number of rotatable bonds is 4. The van der Waals surface area contributed by atoms with Gasteiger partial charge < -0.3 is 10.1 Å². The number of pyridine rings is 1. The Balaban J connectivity index is 1.34. The van der Waals surface area contributed by atoms with Crippen LogP contribution < -0.4 is 10.1 Å². The topological polar surface area (TPSA) is 51.2 Å². The Hall–Kier alpha value is -3.14. The average molecular weight is 370 g/mol. The van der Waals surface area contributed by atoms with Gasteiger partial charge in [0.15, 0.2) is 0 Å². The van der Waals surface area contributed by atoms with Gasteiger partial charge >= 0.3 is 0 Å². The summed E-state index contributed by atoms with van der Waals surface area (Å²) < 4.78 is 6.10. The van der Waals surface area contributed by atoms with Gasteiger partial charge in [0.1, 0.15) is 11.9 Å². The van der Waals surface area contributed by atoms with Crippen molar-refractivity contribution in [2.24, 2.45) is 0 Å². The van der Waals surface area contributed by atoms with Gasteiger partial charge in [0, 0.05) is 35.5 Å². The molecular formula is C24H22N2O2. The molecule has 5 rings (SSSR count). The summed E-state index contributed by atoms with van der Waals surface area (Å²) in [5.74, 6) is 0.990. The van der Waals surface area contributed by atoms with Gasteiger partial charge in [-0.1, -0.05) is 30.3 Å². The van der Waals surface area contributed by atoms with Crippen LogP contribution in [0.1, 0.15) is 24.8 Å². The number of benzene rings is 2. The standard InChI is InChI=1S/C24H22N2O2/c27-24(16-4-1-2-5-16)26-15-20-13-22-21-9-7-17(19-6-3-11-25-14-19)12-18(21)8-10-23(22)28-20/h3-4,6-12,14,20H,1-2,5,13,15H2,(H,26,27)/t20-/m1/s1. The fourth-order valence-electron chi connectivity index (χ4n) is 4.17. The lowest BCUT2D eigenvalue weighted by Gasteiger charge is -2.12. The SMILES string of the molecule is O=C(NC[C@H]1Cc2c(ccc3cc(-c4cccnc4)ccc23)O1)C1=CCCC1. The molecule has 0 spiro atoms. The normalized spacial score (nSPS) is 17.9. The third kappa shape index (κ3) is 3.15. The van der Waals surface area contributed by atoms with Crippen LogP contribution in [0.3, 0.4) is 0 Å². The molecule has 28 heavy (non-hydrogen) atoms. The molecular weight excluding hydrogens is 348 g/mol. The number of amides is 1.